The molecule has 0 saturated carbocycles. The minimum Gasteiger partial charge on any atom is -0.457 e. The predicted molar refractivity (Wildman–Crippen MR) is 75.9 cm³/mol. The van der Waals surface area contributed by atoms with Crippen molar-refractivity contribution < 1.29 is 17.9 Å². The molecule has 1 aromatic rings. The Bertz CT molecular complexity index is 570. The first kappa shape index (κ1) is 15.4. The molecule has 0 amide bonds. The molecule has 0 unspecified atom stereocenters. The number of hydrogen-bond acceptors (Lipinski definition) is 2. The maximum atomic E-state index is 12.5. The minimum atomic E-state index is -4.35. The molecular formula is C16H16F3NO. The number of nitrogens with one attached hydrogen (secondary N) is 1. The van der Waals surface area contributed by atoms with E-state index in [-0.39, 0.29) is 0 Å². The third-order valence-electron chi connectivity index (χ3n) is 3.21. The van der Waals surface area contributed by atoms with E-state index >= 15 is 0 Å². The van der Waals surface area contributed by atoms with E-state index in [0.717, 1.165) is 36.2 Å². The number of halogens is 3. The lowest BCUT2D eigenvalue weighted by Crippen LogP contribution is -2.26. The Labute approximate surface area is 121 Å². The molecule has 1 aromatic carbocycles. The highest BCUT2D eigenvalue weighted by Crippen LogP contribution is 2.31. The van der Waals surface area contributed by atoms with Crippen molar-refractivity contribution in [1.82, 2.24) is 5.32 Å². The second kappa shape index (κ2) is 6.18. The van der Waals surface area contributed by atoms with E-state index in [0.29, 0.717) is 18.1 Å². The van der Waals surface area contributed by atoms with Crippen molar-refractivity contribution in [1.29, 1.82) is 0 Å². The fraction of sp³-hybridized carbons (Fsp3) is 0.250. The van der Waals surface area contributed by atoms with Crippen molar-refractivity contribution in [2.75, 3.05) is 13.1 Å². The topological polar surface area (TPSA) is 21.3 Å². The first-order chi connectivity index (χ1) is 9.91. The van der Waals surface area contributed by atoms with Crippen LogP contribution in [0.2, 0.25) is 0 Å². The minimum absolute atomic E-state index is 0.344. The normalized spacial score (nSPS) is 18.3. The molecule has 1 N–H and O–H groups in total. The van der Waals surface area contributed by atoms with E-state index in [1.54, 1.807) is 6.08 Å². The molecule has 112 valence electrons. The maximum Gasteiger partial charge on any atom is 0.416 e. The van der Waals surface area contributed by atoms with Crippen LogP contribution in [-0.4, -0.2) is 13.1 Å². The van der Waals surface area contributed by atoms with E-state index in [2.05, 4.69) is 18.5 Å². The molecule has 0 aromatic heterocycles. The van der Waals surface area contributed by atoms with Crippen molar-refractivity contribution in [3.8, 4) is 5.75 Å². The zero-order valence-corrected chi connectivity index (χ0v) is 11.5. The fourth-order valence-electron chi connectivity index (χ4n) is 2.10. The molecule has 0 aliphatic carbocycles. The first-order valence-corrected chi connectivity index (χ1v) is 6.51. The number of piperidine rings is 1. The van der Waals surface area contributed by atoms with Gasteiger partial charge in [-0.15, -0.1) is 0 Å². The average molecular weight is 295 g/mol. The van der Waals surface area contributed by atoms with Gasteiger partial charge in [-0.05, 0) is 54.5 Å². The van der Waals surface area contributed by atoms with Crippen molar-refractivity contribution in [3.05, 3.63) is 66.0 Å². The molecular weight excluding hydrogens is 279 g/mol. The van der Waals surface area contributed by atoms with Gasteiger partial charge >= 0.3 is 6.18 Å². The summed E-state index contributed by atoms with van der Waals surface area (Å²) >= 11 is 0. The third kappa shape index (κ3) is 3.76. The monoisotopic (exact) mass is 295 g/mol. The van der Waals surface area contributed by atoms with Gasteiger partial charge in [0.25, 0.3) is 0 Å². The van der Waals surface area contributed by atoms with Crippen LogP contribution in [-0.2, 0) is 6.18 Å². The molecule has 21 heavy (non-hydrogen) atoms. The van der Waals surface area contributed by atoms with Crippen molar-refractivity contribution in [2.24, 2.45) is 0 Å². The summed E-state index contributed by atoms with van der Waals surface area (Å²) in [4.78, 5) is 0. The van der Waals surface area contributed by atoms with Crippen LogP contribution in [0.1, 0.15) is 12.0 Å². The third-order valence-corrected chi connectivity index (χ3v) is 3.21. The van der Waals surface area contributed by atoms with E-state index in [9.17, 15) is 13.2 Å². The number of benzene rings is 1. The summed E-state index contributed by atoms with van der Waals surface area (Å²) in [5.74, 6) is 0.887. The molecule has 0 atom stereocenters. The van der Waals surface area contributed by atoms with Gasteiger partial charge in [0.15, 0.2) is 0 Å². The maximum absolute atomic E-state index is 12.5. The second-order valence-corrected chi connectivity index (χ2v) is 4.70. The van der Waals surface area contributed by atoms with Crippen molar-refractivity contribution >= 4 is 0 Å². The van der Waals surface area contributed by atoms with Crippen LogP contribution in [0.4, 0.5) is 13.2 Å². The summed E-state index contributed by atoms with van der Waals surface area (Å²) in [7, 11) is 0. The molecule has 2 rings (SSSR count). The molecule has 1 saturated heterocycles. The molecule has 0 spiro atoms. The SMILES string of the molecule is C=C/C(Oc1ccc(C(F)(F)F)cc1)=C1/CCNCC1=C. The molecule has 1 aliphatic heterocycles. The number of alkyl halides is 3. The number of rotatable bonds is 3. The number of hydrogen-bond donors (Lipinski definition) is 1. The van der Waals surface area contributed by atoms with Crippen LogP contribution in [0.15, 0.2) is 60.4 Å². The molecule has 1 fully saturated rings. The van der Waals surface area contributed by atoms with Gasteiger partial charge < -0.3 is 10.1 Å². The molecule has 5 heteroatoms. The lowest BCUT2D eigenvalue weighted by molar-refractivity contribution is -0.137. The Morgan fingerprint density at radius 3 is 2.43 bits per heavy atom. The number of allylic oxidation sites excluding steroid dienone is 1. The van der Waals surface area contributed by atoms with Gasteiger partial charge in [-0.2, -0.15) is 13.2 Å². The zero-order valence-electron chi connectivity index (χ0n) is 11.5. The lowest BCUT2D eigenvalue weighted by Gasteiger charge is -2.21. The summed E-state index contributed by atoms with van der Waals surface area (Å²) in [6.45, 7) is 9.13. The highest BCUT2D eigenvalue weighted by atomic mass is 19.4. The van der Waals surface area contributed by atoms with Gasteiger partial charge in [0.05, 0.1) is 5.56 Å². The van der Waals surface area contributed by atoms with E-state index in [1.807, 2.05) is 0 Å². The molecule has 2 nitrogen and oxygen atoms in total. The molecule has 0 bridgehead atoms. The Kier molecular flexibility index (Phi) is 4.53. The molecule has 0 radical (unpaired) electrons. The van der Waals surface area contributed by atoms with Crippen molar-refractivity contribution in [3.63, 3.8) is 0 Å². The summed E-state index contributed by atoms with van der Waals surface area (Å²) in [5.41, 5.74) is 1.15. The largest absolute Gasteiger partial charge is 0.457 e. The average Bonchev–Trinajstić information content (AvgIpc) is 2.45. The molecule has 1 heterocycles. The Balaban J connectivity index is 2.21. The highest BCUT2D eigenvalue weighted by Gasteiger charge is 2.30. The van der Waals surface area contributed by atoms with Crippen LogP contribution < -0.4 is 10.1 Å². The quantitative estimate of drug-likeness (QED) is 0.849. The summed E-state index contributed by atoms with van der Waals surface area (Å²) in [6.07, 6.45) is -2.04. The van der Waals surface area contributed by atoms with Crippen LogP contribution in [0.25, 0.3) is 0 Å². The smallest absolute Gasteiger partial charge is 0.416 e. The van der Waals surface area contributed by atoms with Crippen LogP contribution in [0, 0.1) is 0 Å². The lowest BCUT2D eigenvalue weighted by atomic mass is 9.99. The van der Waals surface area contributed by atoms with Crippen LogP contribution in [0.5, 0.6) is 5.75 Å². The molecule has 1 aliphatic rings. The summed E-state index contributed by atoms with van der Waals surface area (Å²) in [6, 6.07) is 4.60. The Morgan fingerprint density at radius 2 is 1.90 bits per heavy atom. The Morgan fingerprint density at radius 1 is 1.24 bits per heavy atom. The van der Waals surface area contributed by atoms with Gasteiger partial charge in [-0.3, -0.25) is 0 Å². The van der Waals surface area contributed by atoms with E-state index < -0.39 is 11.7 Å². The van der Waals surface area contributed by atoms with Crippen LogP contribution in [0.3, 0.4) is 0 Å². The van der Waals surface area contributed by atoms with Crippen LogP contribution >= 0.6 is 0 Å². The second-order valence-electron chi connectivity index (χ2n) is 4.70. The fourth-order valence-corrected chi connectivity index (χ4v) is 2.10. The van der Waals surface area contributed by atoms with E-state index in [1.165, 1.54) is 12.1 Å². The highest BCUT2D eigenvalue weighted by molar-refractivity contribution is 5.40. The zero-order chi connectivity index (χ0) is 15.5. The van der Waals surface area contributed by atoms with Gasteiger partial charge in [-0.25, -0.2) is 0 Å². The number of ether oxygens (including phenoxy) is 1. The van der Waals surface area contributed by atoms with Crippen molar-refractivity contribution in [2.45, 2.75) is 12.6 Å². The van der Waals surface area contributed by atoms with E-state index in [4.69, 9.17) is 4.74 Å². The van der Waals surface area contributed by atoms with Gasteiger partial charge in [0, 0.05) is 6.54 Å². The standard InChI is InChI=1S/C16H16F3NO/c1-3-15(14-8-9-20-10-11(14)2)21-13-6-4-12(5-7-13)16(17,18)19/h3-7,20H,1-2,8-10H2/b15-14+. The summed E-state index contributed by atoms with van der Waals surface area (Å²) in [5, 5.41) is 3.18. The van der Waals surface area contributed by atoms with Gasteiger partial charge in [0.2, 0.25) is 0 Å². The predicted octanol–water partition coefficient (Wildman–Crippen LogP) is 4.07. The summed E-state index contributed by atoms with van der Waals surface area (Å²) < 4.78 is 43.2. The van der Waals surface area contributed by atoms with Gasteiger partial charge in [0.1, 0.15) is 11.5 Å². The van der Waals surface area contributed by atoms with Gasteiger partial charge in [-0.1, -0.05) is 13.2 Å². The Hall–Kier alpha value is -2.01. The first-order valence-electron chi connectivity index (χ1n) is 6.51.